The van der Waals surface area contributed by atoms with Crippen molar-refractivity contribution in [3.8, 4) is 5.75 Å². The molecular weight excluding hydrogens is 348 g/mol. The summed E-state index contributed by atoms with van der Waals surface area (Å²) in [6.45, 7) is 3.82. The number of nitrogens with one attached hydrogen (secondary N) is 1. The SMILES string of the molecule is Cc1cccc(OCCOC(=O)CN2C(=O)N[C@]3(CCCC[C@@H]3C)C2=O)c1. The van der Waals surface area contributed by atoms with Gasteiger partial charge in [0, 0.05) is 0 Å². The molecule has 2 atom stereocenters. The van der Waals surface area contributed by atoms with Crippen LogP contribution in [0.4, 0.5) is 4.79 Å². The van der Waals surface area contributed by atoms with Crippen LogP contribution in [0.5, 0.6) is 5.75 Å². The van der Waals surface area contributed by atoms with Crippen molar-refractivity contribution in [2.24, 2.45) is 5.92 Å². The third kappa shape index (κ3) is 4.07. The third-order valence-electron chi connectivity index (χ3n) is 5.39. The molecule has 3 amide bonds. The smallest absolute Gasteiger partial charge is 0.326 e. The average Bonchev–Trinajstić information content (AvgIpc) is 2.86. The monoisotopic (exact) mass is 374 g/mol. The van der Waals surface area contributed by atoms with Crippen LogP contribution in [0.2, 0.25) is 0 Å². The van der Waals surface area contributed by atoms with Crippen LogP contribution in [-0.2, 0) is 14.3 Å². The fourth-order valence-corrected chi connectivity index (χ4v) is 3.83. The first-order valence-corrected chi connectivity index (χ1v) is 9.41. The molecule has 3 rings (SSSR count). The maximum atomic E-state index is 12.8. The van der Waals surface area contributed by atoms with Gasteiger partial charge in [-0.2, -0.15) is 0 Å². The van der Waals surface area contributed by atoms with E-state index < -0.39 is 17.5 Å². The van der Waals surface area contributed by atoms with Crippen LogP contribution in [0.15, 0.2) is 24.3 Å². The average molecular weight is 374 g/mol. The van der Waals surface area contributed by atoms with Gasteiger partial charge in [-0.25, -0.2) is 4.79 Å². The topological polar surface area (TPSA) is 84.9 Å². The number of carbonyl (C=O) groups is 3. The van der Waals surface area contributed by atoms with Crippen molar-refractivity contribution in [2.45, 2.75) is 45.1 Å². The Morgan fingerprint density at radius 2 is 2.11 bits per heavy atom. The maximum Gasteiger partial charge on any atom is 0.326 e. The second-order valence-electron chi connectivity index (χ2n) is 7.33. The van der Waals surface area contributed by atoms with Gasteiger partial charge in [0.2, 0.25) is 0 Å². The lowest BCUT2D eigenvalue weighted by Gasteiger charge is -2.36. The fourth-order valence-electron chi connectivity index (χ4n) is 3.83. The number of hydrogen-bond acceptors (Lipinski definition) is 5. The molecule has 2 aliphatic rings. The normalized spacial score (nSPS) is 24.8. The first-order valence-electron chi connectivity index (χ1n) is 9.41. The Morgan fingerprint density at radius 1 is 1.30 bits per heavy atom. The van der Waals surface area contributed by atoms with Gasteiger partial charge in [0.15, 0.2) is 0 Å². The van der Waals surface area contributed by atoms with E-state index in [9.17, 15) is 14.4 Å². The molecule has 7 heteroatoms. The Labute approximate surface area is 159 Å². The van der Waals surface area contributed by atoms with Gasteiger partial charge in [0.05, 0.1) is 0 Å². The lowest BCUT2D eigenvalue weighted by atomic mass is 9.73. The number of rotatable bonds is 6. The number of hydrogen-bond donors (Lipinski definition) is 1. The van der Waals surface area contributed by atoms with E-state index in [1.165, 1.54) is 0 Å². The molecule has 1 aromatic rings. The minimum atomic E-state index is -0.857. The number of esters is 1. The van der Waals surface area contributed by atoms with Gasteiger partial charge < -0.3 is 14.8 Å². The molecule has 2 fully saturated rings. The summed E-state index contributed by atoms with van der Waals surface area (Å²) in [5, 5.41) is 2.82. The van der Waals surface area contributed by atoms with Crippen LogP contribution in [0.1, 0.15) is 38.2 Å². The second kappa shape index (κ2) is 7.98. The number of amides is 3. The summed E-state index contributed by atoms with van der Waals surface area (Å²) in [5.74, 6) is -0.167. The van der Waals surface area contributed by atoms with Gasteiger partial charge in [0.1, 0.15) is 31.0 Å². The Morgan fingerprint density at radius 3 is 2.85 bits per heavy atom. The second-order valence-corrected chi connectivity index (χ2v) is 7.33. The highest BCUT2D eigenvalue weighted by molar-refractivity contribution is 6.08. The zero-order chi connectivity index (χ0) is 19.4. The number of nitrogens with zero attached hydrogens (tertiary/aromatic N) is 1. The Hall–Kier alpha value is -2.57. The van der Waals surface area contributed by atoms with Crippen LogP contribution < -0.4 is 10.1 Å². The standard InChI is InChI=1S/C20H26N2O5/c1-14-6-5-8-16(12-14)26-10-11-27-17(23)13-22-18(24)20(21-19(22)25)9-4-3-7-15(20)2/h5-6,8,12,15H,3-4,7,9-11,13H2,1-2H3,(H,21,25)/t15-,20-/m0/s1. The summed E-state index contributed by atoms with van der Waals surface area (Å²) in [6, 6.07) is 7.05. The molecule has 1 saturated heterocycles. The predicted molar refractivity (Wildman–Crippen MR) is 98.2 cm³/mol. The van der Waals surface area contributed by atoms with Crippen molar-refractivity contribution in [2.75, 3.05) is 19.8 Å². The molecular formula is C20H26N2O5. The molecule has 1 spiro atoms. The fraction of sp³-hybridized carbons (Fsp3) is 0.550. The van der Waals surface area contributed by atoms with Gasteiger partial charge in [0.25, 0.3) is 5.91 Å². The molecule has 1 heterocycles. The van der Waals surface area contributed by atoms with Crippen molar-refractivity contribution in [3.05, 3.63) is 29.8 Å². The van der Waals surface area contributed by atoms with E-state index in [0.29, 0.717) is 12.2 Å². The van der Waals surface area contributed by atoms with E-state index in [1.54, 1.807) is 0 Å². The lowest BCUT2D eigenvalue weighted by Crippen LogP contribution is -2.54. The van der Waals surface area contributed by atoms with Crippen molar-refractivity contribution in [3.63, 3.8) is 0 Å². The molecule has 27 heavy (non-hydrogen) atoms. The first-order chi connectivity index (χ1) is 12.9. The highest BCUT2D eigenvalue weighted by atomic mass is 16.6. The lowest BCUT2D eigenvalue weighted by molar-refractivity contribution is -0.149. The van der Waals surface area contributed by atoms with Crippen LogP contribution >= 0.6 is 0 Å². The molecule has 1 aliphatic heterocycles. The van der Waals surface area contributed by atoms with Crippen LogP contribution in [0.25, 0.3) is 0 Å². The molecule has 0 aromatic heterocycles. The molecule has 1 N–H and O–H groups in total. The molecule has 1 aliphatic carbocycles. The third-order valence-corrected chi connectivity index (χ3v) is 5.39. The predicted octanol–water partition coefficient (Wildman–Crippen LogP) is 2.42. The summed E-state index contributed by atoms with van der Waals surface area (Å²) in [5.41, 5.74) is 0.220. The molecule has 0 bridgehead atoms. The van der Waals surface area contributed by atoms with E-state index in [2.05, 4.69) is 5.32 Å². The molecule has 146 valence electrons. The van der Waals surface area contributed by atoms with Crippen molar-refractivity contribution >= 4 is 17.9 Å². The number of aryl methyl sites for hydroxylation is 1. The number of benzene rings is 1. The maximum absolute atomic E-state index is 12.8. The minimum Gasteiger partial charge on any atom is -0.490 e. The van der Waals surface area contributed by atoms with Crippen molar-refractivity contribution in [1.82, 2.24) is 10.2 Å². The Balaban J connectivity index is 1.47. The highest BCUT2D eigenvalue weighted by Crippen LogP contribution is 2.38. The van der Waals surface area contributed by atoms with Crippen molar-refractivity contribution < 1.29 is 23.9 Å². The van der Waals surface area contributed by atoms with E-state index >= 15 is 0 Å². The van der Waals surface area contributed by atoms with Gasteiger partial charge in [-0.05, 0) is 43.4 Å². The van der Waals surface area contributed by atoms with E-state index in [-0.39, 0.29) is 31.6 Å². The summed E-state index contributed by atoms with van der Waals surface area (Å²) < 4.78 is 10.6. The molecule has 0 radical (unpaired) electrons. The number of imide groups is 1. The summed E-state index contributed by atoms with van der Waals surface area (Å²) in [6.07, 6.45) is 3.45. The molecule has 1 saturated carbocycles. The van der Waals surface area contributed by atoms with Crippen LogP contribution in [0, 0.1) is 12.8 Å². The molecule has 7 nitrogen and oxygen atoms in total. The summed E-state index contributed by atoms with van der Waals surface area (Å²) in [4.78, 5) is 38.1. The Bertz CT molecular complexity index is 735. The first kappa shape index (κ1) is 19.2. The summed E-state index contributed by atoms with van der Waals surface area (Å²) in [7, 11) is 0. The van der Waals surface area contributed by atoms with E-state index in [0.717, 1.165) is 29.7 Å². The quantitative estimate of drug-likeness (QED) is 0.470. The Kier molecular flexibility index (Phi) is 5.68. The zero-order valence-electron chi connectivity index (χ0n) is 15.8. The van der Waals surface area contributed by atoms with Crippen LogP contribution in [0.3, 0.4) is 0 Å². The van der Waals surface area contributed by atoms with Gasteiger partial charge in [-0.15, -0.1) is 0 Å². The van der Waals surface area contributed by atoms with Gasteiger partial charge >= 0.3 is 12.0 Å². The largest absolute Gasteiger partial charge is 0.490 e. The van der Waals surface area contributed by atoms with Gasteiger partial charge in [-0.3, -0.25) is 14.5 Å². The van der Waals surface area contributed by atoms with Crippen LogP contribution in [-0.4, -0.2) is 48.1 Å². The van der Waals surface area contributed by atoms with E-state index in [1.807, 2.05) is 38.1 Å². The molecule has 1 aromatic carbocycles. The highest BCUT2D eigenvalue weighted by Gasteiger charge is 2.55. The number of ether oxygens (including phenoxy) is 2. The zero-order valence-corrected chi connectivity index (χ0v) is 15.8. The van der Waals surface area contributed by atoms with Gasteiger partial charge in [-0.1, -0.05) is 31.9 Å². The molecule has 0 unspecified atom stereocenters. The minimum absolute atomic E-state index is 0.0535. The number of carbonyl (C=O) groups excluding carboxylic acids is 3. The number of urea groups is 1. The van der Waals surface area contributed by atoms with Crippen molar-refractivity contribution in [1.29, 1.82) is 0 Å². The van der Waals surface area contributed by atoms with E-state index in [4.69, 9.17) is 9.47 Å². The summed E-state index contributed by atoms with van der Waals surface area (Å²) >= 11 is 0.